The number of aromatic nitrogens is 3. The van der Waals surface area contributed by atoms with E-state index in [2.05, 4.69) is 19.9 Å². The highest BCUT2D eigenvalue weighted by Crippen LogP contribution is 1.93. The third kappa shape index (κ3) is 2.24. The second kappa shape index (κ2) is 3.55. The highest BCUT2D eigenvalue weighted by atomic mass is 16.5. The van der Waals surface area contributed by atoms with Gasteiger partial charge in [0.25, 0.3) is 6.47 Å². The number of rotatable bonds is 4. The number of carbonyl (C=O) groups excluding carboxylic acids is 1. The molecule has 0 aromatic carbocycles. The van der Waals surface area contributed by atoms with Gasteiger partial charge in [-0.05, 0) is 0 Å². The third-order valence-electron chi connectivity index (χ3n) is 1.07. The van der Waals surface area contributed by atoms with E-state index in [4.69, 9.17) is 5.73 Å². The zero-order valence-corrected chi connectivity index (χ0v) is 5.78. The smallest absolute Gasteiger partial charge is 0.293 e. The summed E-state index contributed by atoms with van der Waals surface area (Å²) in [6.07, 6.45) is 0.503. The Bertz CT molecular complexity index is 234. The molecule has 1 rings (SSSR count). The molecule has 0 atom stereocenters. The highest BCUT2D eigenvalue weighted by molar-refractivity contribution is 5.36. The van der Waals surface area contributed by atoms with Crippen LogP contribution >= 0.6 is 0 Å². The van der Waals surface area contributed by atoms with Gasteiger partial charge in [-0.25, -0.2) is 0 Å². The van der Waals surface area contributed by atoms with Crippen molar-refractivity contribution in [2.24, 2.45) is 0 Å². The fourth-order valence-corrected chi connectivity index (χ4v) is 0.626. The zero-order chi connectivity index (χ0) is 8.10. The summed E-state index contributed by atoms with van der Waals surface area (Å²) in [7, 11) is 0. The van der Waals surface area contributed by atoms with E-state index in [-0.39, 0.29) is 12.6 Å². The van der Waals surface area contributed by atoms with Crippen LogP contribution in [0.4, 0.5) is 5.95 Å². The number of nitrogens with zero attached hydrogens (tertiary/aromatic N) is 2. The molecule has 0 radical (unpaired) electrons. The predicted octanol–water partition coefficient (Wildman–Crippen LogP) is -0.898. The number of nitrogens with one attached hydrogen (secondary N) is 1. The number of nitrogen functional groups attached to an aromatic ring is 1. The van der Waals surface area contributed by atoms with Crippen LogP contribution in [0.15, 0.2) is 0 Å². The average Bonchev–Trinajstić information content (AvgIpc) is 2.37. The minimum atomic E-state index is 0.200. The fraction of sp³-hybridized carbons (Fsp3) is 0.400. The zero-order valence-electron chi connectivity index (χ0n) is 5.78. The lowest BCUT2D eigenvalue weighted by Gasteiger charge is -1.92. The fourth-order valence-electron chi connectivity index (χ4n) is 0.626. The van der Waals surface area contributed by atoms with E-state index in [1.54, 1.807) is 0 Å². The Labute approximate surface area is 62.8 Å². The lowest BCUT2D eigenvalue weighted by Crippen LogP contribution is -1.98. The average molecular weight is 156 g/mol. The van der Waals surface area contributed by atoms with E-state index < -0.39 is 0 Å². The van der Waals surface area contributed by atoms with Gasteiger partial charge in [0.05, 0.1) is 6.61 Å². The first-order valence-electron chi connectivity index (χ1n) is 3.05. The maximum Gasteiger partial charge on any atom is 0.293 e. The minimum Gasteiger partial charge on any atom is -0.467 e. The molecule has 0 aliphatic heterocycles. The van der Waals surface area contributed by atoms with E-state index in [1.165, 1.54) is 0 Å². The predicted molar refractivity (Wildman–Crippen MR) is 36.5 cm³/mol. The SMILES string of the molecule is Nc1n[nH]c(CCOC=O)n1. The van der Waals surface area contributed by atoms with E-state index in [0.29, 0.717) is 18.7 Å². The maximum atomic E-state index is 9.71. The van der Waals surface area contributed by atoms with Gasteiger partial charge in [-0.2, -0.15) is 4.98 Å². The monoisotopic (exact) mass is 156 g/mol. The van der Waals surface area contributed by atoms with Crippen LogP contribution in [0.2, 0.25) is 0 Å². The quantitative estimate of drug-likeness (QED) is 0.435. The topological polar surface area (TPSA) is 93.9 Å². The molecule has 1 aromatic heterocycles. The molecule has 1 heterocycles. The molecule has 60 valence electrons. The summed E-state index contributed by atoms with van der Waals surface area (Å²) in [5.41, 5.74) is 5.22. The summed E-state index contributed by atoms with van der Waals surface area (Å²) in [6.45, 7) is 0.678. The first-order chi connectivity index (χ1) is 5.33. The van der Waals surface area contributed by atoms with Gasteiger partial charge in [-0.1, -0.05) is 0 Å². The van der Waals surface area contributed by atoms with Crippen molar-refractivity contribution in [1.29, 1.82) is 0 Å². The Morgan fingerprint density at radius 2 is 2.55 bits per heavy atom. The van der Waals surface area contributed by atoms with Gasteiger partial charge in [-0.3, -0.25) is 9.89 Å². The summed E-state index contributed by atoms with van der Waals surface area (Å²) in [5, 5.41) is 6.18. The first kappa shape index (κ1) is 7.52. The van der Waals surface area contributed by atoms with Gasteiger partial charge >= 0.3 is 0 Å². The molecular formula is C5H8N4O2. The van der Waals surface area contributed by atoms with E-state index in [0.717, 1.165) is 0 Å². The summed E-state index contributed by atoms with van der Waals surface area (Å²) in [4.78, 5) is 13.5. The second-order valence-electron chi connectivity index (χ2n) is 1.86. The Kier molecular flexibility index (Phi) is 2.42. The van der Waals surface area contributed by atoms with Crippen LogP contribution in [0.3, 0.4) is 0 Å². The Morgan fingerprint density at radius 3 is 3.09 bits per heavy atom. The van der Waals surface area contributed by atoms with Crippen LogP contribution in [0.25, 0.3) is 0 Å². The Morgan fingerprint density at radius 1 is 1.73 bits per heavy atom. The van der Waals surface area contributed by atoms with Crippen LogP contribution in [-0.4, -0.2) is 28.3 Å². The number of nitrogens with two attached hydrogens (primary N) is 1. The van der Waals surface area contributed by atoms with Crippen molar-refractivity contribution in [1.82, 2.24) is 15.2 Å². The van der Waals surface area contributed by atoms with E-state index in [1.807, 2.05) is 0 Å². The summed E-state index contributed by atoms with van der Waals surface area (Å²) < 4.78 is 4.44. The molecule has 0 bridgehead atoms. The molecule has 6 heteroatoms. The van der Waals surface area contributed by atoms with Crippen molar-refractivity contribution < 1.29 is 9.53 Å². The van der Waals surface area contributed by atoms with Crippen molar-refractivity contribution in [3.05, 3.63) is 5.82 Å². The lowest BCUT2D eigenvalue weighted by atomic mass is 10.4. The lowest BCUT2D eigenvalue weighted by molar-refractivity contribution is -0.128. The number of hydrogen-bond acceptors (Lipinski definition) is 5. The minimum absolute atomic E-state index is 0.200. The number of hydrogen-bond donors (Lipinski definition) is 2. The molecule has 0 amide bonds. The van der Waals surface area contributed by atoms with Crippen molar-refractivity contribution >= 4 is 12.4 Å². The Hall–Kier alpha value is -1.59. The van der Waals surface area contributed by atoms with Crippen LogP contribution in [0.5, 0.6) is 0 Å². The number of carbonyl (C=O) groups is 1. The van der Waals surface area contributed by atoms with Gasteiger partial charge in [-0.15, -0.1) is 5.10 Å². The van der Waals surface area contributed by atoms with E-state index >= 15 is 0 Å². The molecule has 0 unspecified atom stereocenters. The van der Waals surface area contributed by atoms with Crippen LogP contribution in [0, 0.1) is 0 Å². The third-order valence-corrected chi connectivity index (χ3v) is 1.07. The largest absolute Gasteiger partial charge is 0.467 e. The summed E-state index contributed by atoms with van der Waals surface area (Å²) in [5.74, 6) is 0.815. The van der Waals surface area contributed by atoms with Gasteiger partial charge in [0.2, 0.25) is 5.95 Å². The molecule has 0 fully saturated rings. The molecule has 0 aliphatic rings. The molecule has 6 nitrogen and oxygen atoms in total. The number of ether oxygens (including phenoxy) is 1. The second-order valence-corrected chi connectivity index (χ2v) is 1.86. The molecular weight excluding hydrogens is 148 g/mol. The number of aromatic amines is 1. The molecule has 1 aromatic rings. The molecule has 0 saturated carbocycles. The van der Waals surface area contributed by atoms with Crippen LogP contribution in [0.1, 0.15) is 5.82 Å². The van der Waals surface area contributed by atoms with Crippen molar-refractivity contribution in [2.75, 3.05) is 12.3 Å². The molecule has 0 spiro atoms. The van der Waals surface area contributed by atoms with Crippen molar-refractivity contribution in [3.63, 3.8) is 0 Å². The molecule has 3 N–H and O–H groups in total. The van der Waals surface area contributed by atoms with Crippen molar-refractivity contribution in [3.8, 4) is 0 Å². The van der Waals surface area contributed by atoms with Gasteiger partial charge in [0.1, 0.15) is 5.82 Å². The highest BCUT2D eigenvalue weighted by Gasteiger charge is 1.97. The standard InChI is InChI=1S/C5H8N4O2/c6-5-7-4(8-9-5)1-2-11-3-10/h3H,1-2H2,(H3,6,7,8,9). The Balaban J connectivity index is 2.32. The summed E-state index contributed by atoms with van der Waals surface area (Å²) in [6, 6.07) is 0. The normalized spacial score (nSPS) is 9.45. The molecule has 0 saturated heterocycles. The number of H-pyrrole nitrogens is 1. The maximum absolute atomic E-state index is 9.71. The van der Waals surface area contributed by atoms with Crippen molar-refractivity contribution in [2.45, 2.75) is 6.42 Å². The first-order valence-corrected chi connectivity index (χ1v) is 3.05. The van der Waals surface area contributed by atoms with Gasteiger partial charge < -0.3 is 10.5 Å². The van der Waals surface area contributed by atoms with Crippen LogP contribution < -0.4 is 5.73 Å². The van der Waals surface area contributed by atoms with Gasteiger partial charge in [0, 0.05) is 6.42 Å². The molecule has 0 aliphatic carbocycles. The molecule has 11 heavy (non-hydrogen) atoms. The number of anilines is 1. The van der Waals surface area contributed by atoms with Crippen LogP contribution in [-0.2, 0) is 16.0 Å². The summed E-state index contributed by atoms with van der Waals surface area (Å²) >= 11 is 0. The van der Waals surface area contributed by atoms with E-state index in [9.17, 15) is 4.79 Å². The van der Waals surface area contributed by atoms with Gasteiger partial charge in [0.15, 0.2) is 0 Å².